The second-order valence-corrected chi connectivity index (χ2v) is 4.71. The molecule has 1 aromatic carbocycles. The summed E-state index contributed by atoms with van der Waals surface area (Å²) in [4.78, 5) is 13.7. The average molecular weight is 249 g/mol. The first-order chi connectivity index (χ1) is 8.45. The highest BCUT2D eigenvalue weighted by Gasteiger charge is 2.14. The number of nitrogens with two attached hydrogens (primary N) is 1. The minimum Gasteiger partial charge on any atom is -0.325 e. The Kier molecular flexibility index (Phi) is 5.16. The predicted molar refractivity (Wildman–Crippen MR) is 75.6 cm³/mol. The Morgan fingerprint density at radius 2 is 2.11 bits per heavy atom. The van der Waals surface area contributed by atoms with Crippen LogP contribution in [0.2, 0.25) is 0 Å². The van der Waals surface area contributed by atoms with Crippen LogP contribution in [0.3, 0.4) is 0 Å². The Bertz CT molecular complexity index is 404. The smallest absolute Gasteiger partial charge is 0.321 e. The van der Waals surface area contributed by atoms with Crippen molar-refractivity contribution in [2.24, 2.45) is 5.73 Å². The molecule has 2 amide bonds. The van der Waals surface area contributed by atoms with E-state index in [-0.39, 0.29) is 18.1 Å². The molecule has 0 aromatic heterocycles. The van der Waals surface area contributed by atoms with Gasteiger partial charge in [0.05, 0.1) is 0 Å². The van der Waals surface area contributed by atoms with Crippen LogP contribution in [0.1, 0.15) is 38.8 Å². The maximum Gasteiger partial charge on any atom is 0.321 e. The van der Waals surface area contributed by atoms with Gasteiger partial charge in [0.1, 0.15) is 0 Å². The highest BCUT2D eigenvalue weighted by molar-refractivity contribution is 5.89. The predicted octanol–water partition coefficient (Wildman–Crippen LogP) is 2.97. The number of amides is 2. The lowest BCUT2D eigenvalue weighted by Gasteiger charge is -2.24. The van der Waals surface area contributed by atoms with Gasteiger partial charge in [-0.25, -0.2) is 4.79 Å². The molecule has 3 N–H and O–H groups in total. The number of carbonyl (C=O) groups excluding carboxylic acids is 1. The zero-order chi connectivity index (χ0) is 13.7. The van der Waals surface area contributed by atoms with Crippen LogP contribution in [0.4, 0.5) is 10.5 Å². The third-order valence-corrected chi connectivity index (χ3v) is 3.24. The molecular weight excluding hydrogens is 226 g/mol. The van der Waals surface area contributed by atoms with Crippen LogP contribution >= 0.6 is 0 Å². The minimum absolute atomic E-state index is 0.0332. The molecule has 0 aliphatic carbocycles. The summed E-state index contributed by atoms with van der Waals surface area (Å²) in [7, 11) is 1.80. The molecule has 4 nitrogen and oxygen atoms in total. The average Bonchev–Trinajstić information content (AvgIpc) is 2.37. The van der Waals surface area contributed by atoms with Crippen molar-refractivity contribution in [2.45, 2.75) is 39.3 Å². The minimum atomic E-state index is -0.0915. The number of nitrogens with one attached hydrogen (secondary N) is 1. The zero-order valence-electron chi connectivity index (χ0n) is 11.6. The number of carbonyl (C=O) groups is 1. The fourth-order valence-electron chi connectivity index (χ4n) is 1.59. The number of urea groups is 1. The number of rotatable bonds is 4. The standard InChI is InChI=1S/C14H23N3O/c1-5-10(2)17(4)14(18)16-13-8-6-7-12(9-13)11(3)15/h6-11H,5,15H2,1-4H3,(H,16,18). The molecule has 4 heteroatoms. The summed E-state index contributed by atoms with van der Waals surface area (Å²) in [6.45, 7) is 6.01. The molecule has 2 unspecified atom stereocenters. The second-order valence-electron chi connectivity index (χ2n) is 4.71. The topological polar surface area (TPSA) is 58.4 Å². The molecule has 2 atom stereocenters. The van der Waals surface area contributed by atoms with Gasteiger partial charge in [-0.1, -0.05) is 19.1 Å². The van der Waals surface area contributed by atoms with Crippen molar-refractivity contribution in [1.29, 1.82) is 0 Å². The highest BCUT2D eigenvalue weighted by atomic mass is 16.2. The Balaban J connectivity index is 2.73. The fourth-order valence-corrected chi connectivity index (χ4v) is 1.59. The molecular formula is C14H23N3O. The summed E-state index contributed by atoms with van der Waals surface area (Å²) < 4.78 is 0. The normalized spacial score (nSPS) is 13.8. The first kappa shape index (κ1) is 14.5. The van der Waals surface area contributed by atoms with Crippen molar-refractivity contribution < 1.29 is 4.79 Å². The summed E-state index contributed by atoms with van der Waals surface area (Å²) in [5, 5.41) is 2.88. The summed E-state index contributed by atoms with van der Waals surface area (Å²) in [6.07, 6.45) is 0.934. The van der Waals surface area contributed by atoms with Gasteiger partial charge in [0.2, 0.25) is 0 Å². The van der Waals surface area contributed by atoms with E-state index in [9.17, 15) is 4.79 Å². The van der Waals surface area contributed by atoms with Crippen LogP contribution in [0.25, 0.3) is 0 Å². The number of hydrogen-bond acceptors (Lipinski definition) is 2. The fraction of sp³-hybridized carbons (Fsp3) is 0.500. The summed E-state index contributed by atoms with van der Waals surface area (Å²) >= 11 is 0. The first-order valence-corrected chi connectivity index (χ1v) is 6.35. The number of anilines is 1. The van der Waals surface area contributed by atoms with Crippen LogP contribution in [0.15, 0.2) is 24.3 Å². The maximum absolute atomic E-state index is 12.0. The lowest BCUT2D eigenvalue weighted by molar-refractivity contribution is 0.206. The lowest BCUT2D eigenvalue weighted by atomic mass is 10.1. The summed E-state index contributed by atoms with van der Waals surface area (Å²) in [6, 6.07) is 7.74. The molecule has 1 rings (SSSR count). The van der Waals surface area contributed by atoms with E-state index in [4.69, 9.17) is 5.73 Å². The molecule has 0 spiro atoms. The molecule has 0 saturated carbocycles. The van der Waals surface area contributed by atoms with E-state index in [1.165, 1.54) is 0 Å². The zero-order valence-corrected chi connectivity index (χ0v) is 11.6. The largest absolute Gasteiger partial charge is 0.325 e. The van der Waals surface area contributed by atoms with Crippen LogP contribution in [0, 0.1) is 0 Å². The van der Waals surface area contributed by atoms with Crippen molar-refractivity contribution in [2.75, 3.05) is 12.4 Å². The lowest BCUT2D eigenvalue weighted by Crippen LogP contribution is -2.37. The molecule has 0 aliphatic rings. The third-order valence-electron chi connectivity index (χ3n) is 3.24. The second kappa shape index (κ2) is 6.40. The van der Waals surface area contributed by atoms with Gasteiger partial charge in [-0.2, -0.15) is 0 Å². The van der Waals surface area contributed by atoms with Crippen molar-refractivity contribution in [3.63, 3.8) is 0 Å². The van der Waals surface area contributed by atoms with Crippen LogP contribution < -0.4 is 11.1 Å². The van der Waals surface area contributed by atoms with E-state index in [1.54, 1.807) is 11.9 Å². The van der Waals surface area contributed by atoms with Gasteiger partial charge in [-0.3, -0.25) is 0 Å². The Labute approximate surface area is 109 Å². The third kappa shape index (κ3) is 3.74. The van der Waals surface area contributed by atoms with E-state index in [1.807, 2.05) is 38.1 Å². The molecule has 100 valence electrons. The Morgan fingerprint density at radius 3 is 2.67 bits per heavy atom. The van der Waals surface area contributed by atoms with Gasteiger partial charge < -0.3 is 16.0 Å². The van der Waals surface area contributed by atoms with Gasteiger partial charge in [0.25, 0.3) is 0 Å². The quantitative estimate of drug-likeness (QED) is 0.862. The molecule has 18 heavy (non-hydrogen) atoms. The molecule has 0 saturated heterocycles. The Morgan fingerprint density at radius 1 is 1.44 bits per heavy atom. The summed E-state index contributed by atoms with van der Waals surface area (Å²) in [5.74, 6) is 0. The van der Waals surface area contributed by atoms with Crippen molar-refractivity contribution in [3.8, 4) is 0 Å². The molecule has 0 bridgehead atoms. The SMILES string of the molecule is CCC(C)N(C)C(=O)Nc1cccc(C(C)N)c1. The van der Waals surface area contributed by atoms with E-state index < -0.39 is 0 Å². The number of benzene rings is 1. The van der Waals surface area contributed by atoms with Crippen molar-refractivity contribution in [3.05, 3.63) is 29.8 Å². The molecule has 0 aliphatic heterocycles. The van der Waals surface area contributed by atoms with Gasteiger partial charge in [0, 0.05) is 24.8 Å². The van der Waals surface area contributed by atoms with Crippen LogP contribution in [0.5, 0.6) is 0 Å². The molecule has 0 fully saturated rings. The van der Waals surface area contributed by atoms with E-state index in [2.05, 4.69) is 12.2 Å². The van der Waals surface area contributed by atoms with Crippen LogP contribution in [-0.2, 0) is 0 Å². The first-order valence-electron chi connectivity index (χ1n) is 6.35. The maximum atomic E-state index is 12.0. The summed E-state index contributed by atoms with van der Waals surface area (Å²) in [5.41, 5.74) is 7.62. The number of hydrogen-bond donors (Lipinski definition) is 2. The van der Waals surface area contributed by atoms with Gasteiger partial charge >= 0.3 is 6.03 Å². The molecule has 0 heterocycles. The van der Waals surface area contributed by atoms with Crippen LogP contribution in [-0.4, -0.2) is 24.0 Å². The number of nitrogens with zero attached hydrogens (tertiary/aromatic N) is 1. The monoisotopic (exact) mass is 249 g/mol. The van der Waals surface area contributed by atoms with Gasteiger partial charge in [-0.15, -0.1) is 0 Å². The van der Waals surface area contributed by atoms with Gasteiger partial charge in [-0.05, 0) is 38.0 Å². The van der Waals surface area contributed by atoms with Crippen molar-refractivity contribution in [1.82, 2.24) is 4.90 Å². The Hall–Kier alpha value is -1.55. The van der Waals surface area contributed by atoms with Gasteiger partial charge in [0.15, 0.2) is 0 Å². The highest BCUT2D eigenvalue weighted by Crippen LogP contribution is 2.16. The van der Waals surface area contributed by atoms with E-state index >= 15 is 0 Å². The molecule has 1 aromatic rings. The van der Waals surface area contributed by atoms with Crippen molar-refractivity contribution >= 4 is 11.7 Å². The van der Waals surface area contributed by atoms with E-state index in [0.717, 1.165) is 17.7 Å². The molecule has 0 radical (unpaired) electrons. The van der Waals surface area contributed by atoms with E-state index in [0.29, 0.717) is 0 Å².